The molecule has 45 heavy (non-hydrogen) atoms. The fourth-order valence-corrected chi connectivity index (χ4v) is 11.3. The molecule has 1 aromatic heterocycles. The Bertz CT molecular complexity index is 2150. The zero-order valence-corrected chi connectivity index (χ0v) is 26.3. The number of benzene rings is 4. The van der Waals surface area contributed by atoms with E-state index in [0.717, 1.165) is 25.9 Å². The van der Waals surface area contributed by atoms with E-state index in [1.54, 1.807) is 11.1 Å². The quantitative estimate of drug-likeness (QED) is 0.243. The first-order valence-electron chi connectivity index (χ1n) is 16.8. The van der Waals surface area contributed by atoms with Gasteiger partial charge in [-0.15, -0.1) is 9.13 Å². The lowest BCUT2D eigenvalue weighted by Gasteiger charge is -2.51. The largest absolute Gasteiger partial charge is 0.434 e. The van der Waals surface area contributed by atoms with Gasteiger partial charge in [0.15, 0.2) is 18.3 Å². The molecule has 0 amide bonds. The summed E-state index contributed by atoms with van der Waals surface area (Å²) in [5.41, 5.74) is 20.1. The van der Waals surface area contributed by atoms with Gasteiger partial charge in [-0.3, -0.25) is 0 Å². The highest BCUT2D eigenvalue weighted by Crippen LogP contribution is 2.62. The van der Waals surface area contributed by atoms with Gasteiger partial charge in [-0.25, -0.2) is 10.6 Å². The van der Waals surface area contributed by atoms with Crippen molar-refractivity contribution in [2.24, 2.45) is 0 Å². The van der Waals surface area contributed by atoms with Crippen molar-refractivity contribution in [1.29, 1.82) is 0 Å². The molecule has 2 N–H and O–H groups in total. The first-order valence-corrected chi connectivity index (χ1v) is 16.8. The maximum Gasteiger partial charge on any atom is 0.434 e. The third-order valence-corrected chi connectivity index (χ3v) is 13.0. The summed E-state index contributed by atoms with van der Waals surface area (Å²) in [6, 6.07) is 26.4. The number of fused-ring (bicyclic) bond motifs is 1. The summed E-state index contributed by atoms with van der Waals surface area (Å²) < 4.78 is 5.39. The highest BCUT2D eigenvalue weighted by molar-refractivity contribution is 5.87. The molecule has 3 aliphatic carbocycles. The second-order valence-electron chi connectivity index (χ2n) is 16.1. The number of nitrogens with one attached hydrogen (secondary N) is 2. The van der Waals surface area contributed by atoms with Crippen molar-refractivity contribution >= 4 is 0 Å². The Kier molecular flexibility index (Phi) is 3.75. The van der Waals surface area contributed by atoms with Crippen molar-refractivity contribution in [1.82, 2.24) is 10.6 Å². The van der Waals surface area contributed by atoms with E-state index < -0.39 is 11.3 Å². The highest BCUT2D eigenvalue weighted by atomic mass is 15.4. The SMILES string of the molecule is CC1(C)CNC23c4c(cccc41)Cc1ccc4c(c12)C1c2c-4ccc4c2C2(NCC(C)(C)c5cccc(c52)C4)[n+]2ccc[n+]3c21. The van der Waals surface area contributed by atoms with Gasteiger partial charge in [-0.05, 0) is 68.5 Å². The maximum atomic E-state index is 4.30. The molecule has 7 aliphatic rings. The smallest absolute Gasteiger partial charge is 0.247 e. The van der Waals surface area contributed by atoms with E-state index in [0.29, 0.717) is 0 Å². The van der Waals surface area contributed by atoms with Gasteiger partial charge in [0, 0.05) is 23.9 Å². The Morgan fingerprint density at radius 2 is 1.02 bits per heavy atom. The van der Waals surface area contributed by atoms with Gasteiger partial charge >= 0.3 is 5.82 Å². The second kappa shape index (κ2) is 6.99. The van der Waals surface area contributed by atoms with Crippen LogP contribution < -0.4 is 19.8 Å². The van der Waals surface area contributed by atoms with Crippen molar-refractivity contribution in [2.75, 3.05) is 13.1 Å². The summed E-state index contributed by atoms with van der Waals surface area (Å²) in [5.74, 6) is 1.62. The van der Waals surface area contributed by atoms with Crippen LogP contribution in [0.2, 0.25) is 0 Å². The molecule has 218 valence electrons. The Morgan fingerprint density at radius 1 is 0.556 bits per heavy atom. The average Bonchev–Trinajstić information content (AvgIpc) is 3.38. The van der Waals surface area contributed by atoms with Crippen molar-refractivity contribution in [2.45, 2.75) is 68.6 Å². The lowest BCUT2D eigenvalue weighted by molar-refractivity contribution is -0.886. The molecule has 12 rings (SSSR count). The molecule has 4 heteroatoms. The molecule has 2 spiro atoms. The third-order valence-electron chi connectivity index (χ3n) is 13.0. The van der Waals surface area contributed by atoms with E-state index >= 15 is 0 Å². The van der Waals surface area contributed by atoms with Crippen LogP contribution in [0.15, 0.2) is 79.1 Å². The molecule has 4 aromatic carbocycles. The molecule has 0 saturated heterocycles. The van der Waals surface area contributed by atoms with Crippen molar-refractivity contribution in [3.05, 3.63) is 152 Å². The van der Waals surface area contributed by atoms with Crippen LogP contribution in [-0.4, -0.2) is 13.1 Å². The molecule has 2 unspecified atom stereocenters. The summed E-state index contributed by atoms with van der Waals surface area (Å²) in [6.07, 6.45) is 6.78. The van der Waals surface area contributed by atoms with Crippen molar-refractivity contribution in [3.8, 4) is 11.1 Å². The van der Waals surface area contributed by atoms with Gasteiger partial charge in [-0.2, -0.15) is 0 Å². The van der Waals surface area contributed by atoms with E-state index in [1.807, 2.05) is 0 Å². The van der Waals surface area contributed by atoms with Crippen LogP contribution >= 0.6 is 0 Å². The molecule has 2 atom stereocenters. The minimum absolute atomic E-state index is 0.0445. The third kappa shape index (κ3) is 2.30. The number of aromatic nitrogens is 2. The molecule has 0 fully saturated rings. The van der Waals surface area contributed by atoms with Gasteiger partial charge in [0.1, 0.15) is 0 Å². The van der Waals surface area contributed by atoms with Gasteiger partial charge in [0.2, 0.25) is 0 Å². The summed E-state index contributed by atoms with van der Waals surface area (Å²) in [7, 11) is 0. The molecule has 0 saturated carbocycles. The van der Waals surface area contributed by atoms with Crippen molar-refractivity contribution in [3.63, 3.8) is 0 Å². The molecular formula is C41H36N4+2. The van der Waals surface area contributed by atoms with E-state index in [2.05, 4.69) is 127 Å². The lowest BCUT2D eigenvalue weighted by Crippen LogP contribution is -2.82. The summed E-state index contributed by atoms with van der Waals surface area (Å²) >= 11 is 0. The van der Waals surface area contributed by atoms with Gasteiger partial charge < -0.3 is 0 Å². The zero-order valence-electron chi connectivity index (χ0n) is 26.3. The average molecular weight is 585 g/mol. The molecular weight excluding hydrogens is 548 g/mol. The lowest BCUT2D eigenvalue weighted by atomic mass is 9.61. The van der Waals surface area contributed by atoms with Crippen LogP contribution in [0.25, 0.3) is 11.1 Å². The minimum atomic E-state index is -0.445. The van der Waals surface area contributed by atoms with E-state index in [1.165, 1.54) is 72.6 Å². The van der Waals surface area contributed by atoms with Gasteiger partial charge in [0.25, 0.3) is 11.3 Å². The molecule has 4 aliphatic heterocycles. The fraction of sp³-hybridized carbons (Fsp3) is 0.317. The predicted octanol–water partition coefficient (Wildman–Crippen LogP) is 5.12. The zero-order chi connectivity index (χ0) is 29.8. The minimum Gasteiger partial charge on any atom is -0.247 e. The van der Waals surface area contributed by atoms with E-state index in [9.17, 15) is 0 Å². The van der Waals surface area contributed by atoms with Crippen LogP contribution in [0.3, 0.4) is 0 Å². The summed E-state index contributed by atoms with van der Waals surface area (Å²) in [4.78, 5) is 0. The number of hydrogen-bond donors (Lipinski definition) is 2. The van der Waals surface area contributed by atoms with Gasteiger partial charge in [-0.1, -0.05) is 88.4 Å². The molecule has 4 nitrogen and oxygen atoms in total. The number of rotatable bonds is 0. The number of hydrogen-bond acceptors (Lipinski definition) is 2. The Hall–Kier alpha value is -4.12. The molecule has 5 heterocycles. The standard InChI is InChI=1S/C41H36N4/c1-38(2)20-42-40-33-22(8-5-10-28(33)38)18-24-12-14-26-27-15-13-25-19-23-9-6-11-29-34(23)41(43-21-39(29,3)4)36(25)31(27)32(30(26)35(24)40)37-44(40)16-7-17-45(37)41/h5-17,32,42-43H,18-21H2,1-4H3/q+2. The second-order valence-corrected chi connectivity index (χ2v) is 16.1. The van der Waals surface area contributed by atoms with Crippen LogP contribution in [0.1, 0.15) is 106 Å². The monoisotopic (exact) mass is 584 g/mol. The summed E-state index contributed by atoms with van der Waals surface area (Å²) in [6.45, 7) is 11.5. The Balaban J connectivity index is 1.31. The van der Waals surface area contributed by atoms with Gasteiger partial charge in [0.05, 0.1) is 28.3 Å². The normalized spacial score (nSPS) is 27.8. The van der Waals surface area contributed by atoms with Crippen LogP contribution in [-0.2, 0) is 35.0 Å². The fourth-order valence-electron chi connectivity index (χ4n) is 11.3. The predicted molar refractivity (Wildman–Crippen MR) is 173 cm³/mol. The van der Waals surface area contributed by atoms with Crippen molar-refractivity contribution < 1.29 is 9.13 Å². The van der Waals surface area contributed by atoms with E-state index in [-0.39, 0.29) is 16.7 Å². The Labute approximate surface area is 263 Å². The van der Waals surface area contributed by atoms with Crippen LogP contribution in [0.5, 0.6) is 0 Å². The first kappa shape index (κ1) is 24.2. The molecule has 0 radical (unpaired) electrons. The Morgan fingerprint density at radius 3 is 1.51 bits per heavy atom. The topological polar surface area (TPSA) is 31.8 Å². The van der Waals surface area contributed by atoms with Crippen LogP contribution in [0.4, 0.5) is 0 Å². The van der Waals surface area contributed by atoms with E-state index in [4.69, 9.17) is 0 Å². The first-order chi connectivity index (χ1) is 21.8. The highest BCUT2D eigenvalue weighted by Gasteiger charge is 2.71. The summed E-state index contributed by atoms with van der Waals surface area (Å²) in [5, 5.41) is 8.60. The van der Waals surface area contributed by atoms with Crippen LogP contribution in [0, 0.1) is 0 Å². The molecule has 0 bridgehead atoms. The number of nitrogens with zero attached hydrogens (tertiary/aromatic N) is 2. The maximum absolute atomic E-state index is 4.30. The molecule has 5 aromatic rings.